The van der Waals surface area contributed by atoms with Crippen LogP contribution in [0.2, 0.25) is 0 Å². The lowest BCUT2D eigenvalue weighted by molar-refractivity contribution is 0.234. The number of aliphatic hydroxyl groups is 1. The highest BCUT2D eigenvalue weighted by atomic mass is 32.1. The molecule has 5 heteroatoms. The molecule has 1 aromatic carbocycles. The van der Waals surface area contributed by atoms with Gasteiger partial charge in [-0.15, -0.1) is 22.7 Å². The first-order chi connectivity index (χ1) is 9.38. The smallest absolute Gasteiger partial charge is 0.146 e. The number of rotatable bonds is 5. The molecule has 0 spiro atoms. The third kappa shape index (κ3) is 2.63. The number of nitrogens with zero attached hydrogens (tertiary/aromatic N) is 1. The lowest BCUT2D eigenvalue weighted by atomic mass is 10.3. The van der Waals surface area contributed by atoms with Crippen molar-refractivity contribution in [2.24, 2.45) is 0 Å². The molecule has 0 amide bonds. The monoisotopic (exact) mass is 291 g/mol. The van der Waals surface area contributed by atoms with E-state index in [4.69, 9.17) is 9.84 Å². The molecule has 0 unspecified atom stereocenters. The Bertz CT molecular complexity index is 661. The molecule has 0 aliphatic carbocycles. The number of fused-ring (bicyclic) bond motifs is 1. The van der Waals surface area contributed by atoms with Crippen LogP contribution in [0.3, 0.4) is 0 Å². The molecule has 98 valence electrons. The zero-order chi connectivity index (χ0) is 13.1. The summed E-state index contributed by atoms with van der Waals surface area (Å²) in [4.78, 5) is 5.86. The first-order valence-electron chi connectivity index (χ1n) is 6.05. The van der Waals surface area contributed by atoms with Crippen molar-refractivity contribution in [1.82, 2.24) is 4.98 Å². The van der Waals surface area contributed by atoms with Crippen LogP contribution >= 0.6 is 22.7 Å². The van der Waals surface area contributed by atoms with Crippen LogP contribution in [0.5, 0.6) is 5.75 Å². The minimum atomic E-state index is 0.146. The van der Waals surface area contributed by atoms with Crippen LogP contribution in [0.15, 0.2) is 35.7 Å². The van der Waals surface area contributed by atoms with Crippen molar-refractivity contribution in [3.8, 4) is 15.6 Å². The van der Waals surface area contributed by atoms with Gasteiger partial charge in [-0.2, -0.15) is 0 Å². The zero-order valence-corrected chi connectivity index (χ0v) is 11.8. The zero-order valence-electron chi connectivity index (χ0n) is 10.2. The minimum absolute atomic E-state index is 0.146. The molecular weight excluding hydrogens is 278 g/mol. The number of para-hydroxylation sites is 1. The lowest BCUT2D eigenvalue weighted by Gasteiger charge is -2.04. The molecule has 2 aromatic heterocycles. The molecule has 0 radical (unpaired) electrons. The summed E-state index contributed by atoms with van der Waals surface area (Å²) >= 11 is 3.37. The van der Waals surface area contributed by atoms with E-state index in [0.717, 1.165) is 21.0 Å². The molecule has 1 N–H and O–H groups in total. The minimum Gasteiger partial charge on any atom is -0.491 e. The number of hydrogen-bond acceptors (Lipinski definition) is 5. The van der Waals surface area contributed by atoms with Crippen molar-refractivity contribution in [3.63, 3.8) is 0 Å². The van der Waals surface area contributed by atoms with Gasteiger partial charge < -0.3 is 9.84 Å². The predicted molar refractivity (Wildman–Crippen MR) is 80.1 cm³/mol. The number of hydrogen-bond donors (Lipinski definition) is 1. The topological polar surface area (TPSA) is 42.4 Å². The van der Waals surface area contributed by atoms with Crippen LogP contribution in [0.4, 0.5) is 0 Å². The Labute approximate surface area is 119 Å². The first kappa shape index (κ1) is 12.6. The van der Waals surface area contributed by atoms with E-state index in [1.165, 1.54) is 4.88 Å². The number of thiazole rings is 1. The SMILES string of the molecule is OCCCOc1cccc2sc(-c3cccs3)nc12. The number of aromatic nitrogens is 1. The molecule has 0 fully saturated rings. The fraction of sp³-hybridized carbons (Fsp3) is 0.214. The fourth-order valence-corrected chi connectivity index (χ4v) is 3.57. The molecule has 2 heterocycles. The van der Waals surface area contributed by atoms with Gasteiger partial charge >= 0.3 is 0 Å². The van der Waals surface area contributed by atoms with Gasteiger partial charge in [0.1, 0.15) is 16.3 Å². The van der Waals surface area contributed by atoms with E-state index < -0.39 is 0 Å². The van der Waals surface area contributed by atoms with Gasteiger partial charge in [0.25, 0.3) is 0 Å². The lowest BCUT2D eigenvalue weighted by Crippen LogP contribution is -1.99. The maximum Gasteiger partial charge on any atom is 0.146 e. The van der Waals surface area contributed by atoms with Gasteiger partial charge in [-0.1, -0.05) is 12.1 Å². The van der Waals surface area contributed by atoms with Crippen molar-refractivity contribution in [1.29, 1.82) is 0 Å². The number of ether oxygens (including phenoxy) is 1. The van der Waals surface area contributed by atoms with Crippen LogP contribution in [0, 0.1) is 0 Å². The van der Waals surface area contributed by atoms with Crippen LogP contribution in [0.25, 0.3) is 20.1 Å². The molecule has 0 aliphatic heterocycles. The second-order valence-electron chi connectivity index (χ2n) is 4.02. The maximum atomic E-state index is 8.79. The first-order valence-corrected chi connectivity index (χ1v) is 7.75. The Morgan fingerprint density at radius 2 is 2.16 bits per heavy atom. The van der Waals surface area contributed by atoms with Gasteiger partial charge in [0, 0.05) is 13.0 Å². The Morgan fingerprint density at radius 1 is 1.21 bits per heavy atom. The van der Waals surface area contributed by atoms with Crippen LogP contribution in [-0.4, -0.2) is 23.3 Å². The molecular formula is C14H13NO2S2. The third-order valence-electron chi connectivity index (χ3n) is 2.67. The van der Waals surface area contributed by atoms with Gasteiger partial charge in [-0.3, -0.25) is 0 Å². The summed E-state index contributed by atoms with van der Waals surface area (Å²) in [7, 11) is 0. The summed E-state index contributed by atoms with van der Waals surface area (Å²) in [5.41, 5.74) is 0.911. The van der Waals surface area contributed by atoms with Crippen LogP contribution < -0.4 is 4.74 Å². The highest BCUT2D eigenvalue weighted by Crippen LogP contribution is 2.36. The van der Waals surface area contributed by atoms with Crippen LogP contribution in [0.1, 0.15) is 6.42 Å². The van der Waals surface area contributed by atoms with Crippen molar-refractivity contribution in [2.75, 3.05) is 13.2 Å². The standard InChI is InChI=1S/C14H13NO2S2/c16-7-3-8-17-10-4-1-5-11-13(10)15-14(19-11)12-6-2-9-18-12/h1-2,4-6,9,16H,3,7-8H2. The van der Waals surface area contributed by atoms with E-state index in [9.17, 15) is 0 Å². The summed E-state index contributed by atoms with van der Waals surface area (Å²) < 4.78 is 6.81. The van der Waals surface area contributed by atoms with Gasteiger partial charge in [0.2, 0.25) is 0 Å². The highest BCUT2D eigenvalue weighted by Gasteiger charge is 2.10. The van der Waals surface area contributed by atoms with Crippen molar-refractivity contribution < 1.29 is 9.84 Å². The molecule has 3 aromatic rings. The van der Waals surface area contributed by atoms with Gasteiger partial charge in [-0.25, -0.2) is 4.98 Å². The van der Waals surface area contributed by atoms with Gasteiger partial charge in [0.05, 0.1) is 16.2 Å². The van der Waals surface area contributed by atoms with Gasteiger partial charge in [-0.05, 0) is 23.6 Å². The summed E-state index contributed by atoms with van der Waals surface area (Å²) in [6, 6.07) is 10.1. The molecule has 0 saturated carbocycles. The molecule has 19 heavy (non-hydrogen) atoms. The van der Waals surface area contributed by atoms with Crippen molar-refractivity contribution in [2.45, 2.75) is 6.42 Å². The summed E-state index contributed by atoms with van der Waals surface area (Å²) in [6.07, 6.45) is 0.637. The number of benzene rings is 1. The molecule has 3 rings (SSSR count). The van der Waals surface area contributed by atoms with E-state index in [1.807, 2.05) is 18.2 Å². The van der Waals surface area contributed by atoms with E-state index >= 15 is 0 Å². The van der Waals surface area contributed by atoms with E-state index in [-0.39, 0.29) is 6.61 Å². The largest absolute Gasteiger partial charge is 0.491 e. The molecule has 0 aliphatic rings. The Morgan fingerprint density at radius 3 is 2.95 bits per heavy atom. The number of aliphatic hydroxyl groups excluding tert-OH is 1. The number of thiophene rings is 1. The van der Waals surface area contributed by atoms with Gasteiger partial charge in [0.15, 0.2) is 0 Å². The molecule has 0 bridgehead atoms. The Balaban J connectivity index is 1.95. The maximum absolute atomic E-state index is 8.79. The molecule has 3 nitrogen and oxygen atoms in total. The predicted octanol–water partition coefficient (Wildman–Crippen LogP) is 3.79. The van der Waals surface area contributed by atoms with Crippen molar-refractivity contribution in [3.05, 3.63) is 35.7 Å². The second kappa shape index (κ2) is 5.69. The summed E-state index contributed by atoms with van der Waals surface area (Å²) in [5.74, 6) is 0.796. The Kier molecular flexibility index (Phi) is 3.77. The van der Waals surface area contributed by atoms with E-state index in [1.54, 1.807) is 22.7 Å². The second-order valence-corrected chi connectivity index (χ2v) is 6.00. The Hall–Kier alpha value is -1.43. The normalized spacial score (nSPS) is 11.0. The quantitative estimate of drug-likeness (QED) is 0.727. The molecule has 0 atom stereocenters. The van der Waals surface area contributed by atoms with E-state index in [2.05, 4.69) is 22.5 Å². The summed E-state index contributed by atoms with van der Waals surface area (Å²) in [6.45, 7) is 0.662. The highest BCUT2D eigenvalue weighted by molar-refractivity contribution is 7.25. The van der Waals surface area contributed by atoms with E-state index in [0.29, 0.717) is 13.0 Å². The fourth-order valence-electron chi connectivity index (χ4n) is 1.79. The molecule has 0 saturated heterocycles. The summed E-state index contributed by atoms with van der Waals surface area (Å²) in [5, 5.41) is 11.9. The average Bonchev–Trinajstić information content (AvgIpc) is 3.08. The van der Waals surface area contributed by atoms with Crippen LogP contribution in [-0.2, 0) is 0 Å². The third-order valence-corrected chi connectivity index (χ3v) is 4.73. The average molecular weight is 291 g/mol. The van der Waals surface area contributed by atoms with Crippen molar-refractivity contribution >= 4 is 32.9 Å².